The Hall–Kier alpha value is -2.09. The van der Waals surface area contributed by atoms with Crippen LogP contribution in [-0.4, -0.2) is 5.91 Å². The number of rotatable bonds is 4. The van der Waals surface area contributed by atoms with Gasteiger partial charge in [-0.1, -0.05) is 80.1 Å². The van der Waals surface area contributed by atoms with Crippen LogP contribution in [0.15, 0.2) is 48.5 Å². The van der Waals surface area contributed by atoms with Gasteiger partial charge in [0.15, 0.2) is 0 Å². The average molecular weight is 333 g/mol. The maximum atomic E-state index is 13.3. The highest BCUT2D eigenvalue weighted by molar-refractivity contribution is 6.04. The van der Waals surface area contributed by atoms with E-state index in [-0.39, 0.29) is 5.92 Å². The molecular formula is C23H27NO. The molecule has 2 aromatic carbocycles. The van der Waals surface area contributed by atoms with Gasteiger partial charge >= 0.3 is 0 Å². The Morgan fingerprint density at radius 1 is 1.00 bits per heavy atom. The molecule has 1 aliphatic heterocycles. The number of anilines is 1. The molecule has 2 aromatic rings. The van der Waals surface area contributed by atoms with E-state index < -0.39 is 0 Å². The number of aryl methyl sites for hydroxylation is 1. The predicted octanol–water partition coefficient (Wildman–Crippen LogP) is 5.60. The number of hydrogen-bond acceptors (Lipinski definition) is 1. The molecule has 1 fully saturated rings. The van der Waals surface area contributed by atoms with Crippen molar-refractivity contribution in [2.45, 2.75) is 57.9 Å². The second-order valence-electron chi connectivity index (χ2n) is 7.76. The number of carbonyl (C=O) groups is 1. The van der Waals surface area contributed by atoms with Gasteiger partial charge < -0.3 is 4.90 Å². The number of hydrogen-bond donors (Lipinski definition) is 0. The monoisotopic (exact) mass is 333 g/mol. The smallest absolute Gasteiger partial charge is 0.234 e. The zero-order chi connectivity index (χ0) is 17.2. The van der Waals surface area contributed by atoms with Crippen LogP contribution in [0.3, 0.4) is 0 Å². The Morgan fingerprint density at radius 2 is 1.76 bits per heavy atom. The zero-order valence-electron chi connectivity index (χ0n) is 15.1. The summed E-state index contributed by atoms with van der Waals surface area (Å²) in [5.74, 6) is 1.07. The molecular weight excluding hydrogens is 306 g/mol. The molecule has 0 N–H and O–H groups in total. The van der Waals surface area contributed by atoms with Crippen LogP contribution >= 0.6 is 0 Å². The minimum Gasteiger partial charge on any atom is -0.307 e. The Morgan fingerprint density at radius 3 is 2.52 bits per heavy atom. The summed E-state index contributed by atoms with van der Waals surface area (Å²) in [6, 6.07) is 16.9. The van der Waals surface area contributed by atoms with Crippen molar-refractivity contribution < 1.29 is 4.79 Å². The largest absolute Gasteiger partial charge is 0.307 e. The quantitative estimate of drug-likeness (QED) is 0.713. The Balaban J connectivity index is 1.62. The lowest BCUT2D eigenvalue weighted by molar-refractivity contribution is -0.119. The molecule has 0 saturated heterocycles. The Kier molecular flexibility index (Phi) is 4.61. The number of nitrogens with zero attached hydrogens (tertiary/aromatic N) is 1. The molecule has 4 rings (SSSR count). The van der Waals surface area contributed by atoms with Gasteiger partial charge in [0.25, 0.3) is 0 Å². The predicted molar refractivity (Wildman–Crippen MR) is 103 cm³/mol. The summed E-state index contributed by atoms with van der Waals surface area (Å²) in [7, 11) is 0. The van der Waals surface area contributed by atoms with Crippen LogP contribution in [0.5, 0.6) is 0 Å². The van der Waals surface area contributed by atoms with E-state index in [9.17, 15) is 4.79 Å². The highest BCUT2D eigenvalue weighted by Gasteiger charge is 2.38. The van der Waals surface area contributed by atoms with Crippen molar-refractivity contribution in [3.05, 3.63) is 65.2 Å². The summed E-state index contributed by atoms with van der Waals surface area (Å²) in [4.78, 5) is 15.3. The molecule has 1 heterocycles. The van der Waals surface area contributed by atoms with Crippen LogP contribution in [0.4, 0.5) is 5.69 Å². The van der Waals surface area contributed by atoms with Crippen LogP contribution in [-0.2, 0) is 11.3 Å². The van der Waals surface area contributed by atoms with Crippen molar-refractivity contribution in [2.75, 3.05) is 4.90 Å². The van der Waals surface area contributed by atoms with Gasteiger partial charge in [0.05, 0.1) is 12.5 Å². The molecule has 1 unspecified atom stereocenters. The van der Waals surface area contributed by atoms with E-state index >= 15 is 0 Å². The number of amides is 1. The van der Waals surface area contributed by atoms with E-state index in [0.29, 0.717) is 18.4 Å². The fourth-order valence-electron chi connectivity index (χ4n) is 4.55. The van der Waals surface area contributed by atoms with Gasteiger partial charge in [-0.25, -0.2) is 0 Å². The minimum absolute atomic E-state index is 0.0571. The summed E-state index contributed by atoms with van der Waals surface area (Å²) in [5, 5.41) is 0. The molecule has 130 valence electrons. The van der Waals surface area contributed by atoms with Gasteiger partial charge in [-0.15, -0.1) is 0 Å². The lowest BCUT2D eigenvalue weighted by Gasteiger charge is -2.24. The highest BCUT2D eigenvalue weighted by Crippen LogP contribution is 2.43. The summed E-state index contributed by atoms with van der Waals surface area (Å²) in [5.41, 5.74) is 4.83. The number of fused-ring (bicyclic) bond motifs is 1. The summed E-state index contributed by atoms with van der Waals surface area (Å²) in [6.45, 7) is 2.80. The van der Waals surface area contributed by atoms with E-state index in [1.165, 1.54) is 48.8 Å². The normalized spacial score (nSPS) is 20.8. The van der Waals surface area contributed by atoms with E-state index in [0.717, 1.165) is 12.1 Å². The van der Waals surface area contributed by atoms with Crippen LogP contribution in [0, 0.1) is 12.8 Å². The van der Waals surface area contributed by atoms with Crippen LogP contribution in [0.2, 0.25) is 0 Å². The molecule has 1 amide bonds. The van der Waals surface area contributed by atoms with Crippen LogP contribution in [0.1, 0.15) is 61.1 Å². The summed E-state index contributed by atoms with van der Waals surface area (Å²) >= 11 is 0. The standard InChI is InChI=1S/C23H27NO/c1-17-12-13-22-20(14-17)21(15-18-8-4-2-5-9-18)23(25)24(22)16-19-10-6-3-7-11-19/h3,6-7,10-14,18,21H,2,4-5,8-9,15-16H2,1H3. The fourth-order valence-corrected chi connectivity index (χ4v) is 4.55. The SMILES string of the molecule is Cc1ccc2c(c1)C(CC1CCCCC1)C(=O)N2Cc1ccccc1. The van der Waals surface area contributed by atoms with E-state index in [1.807, 2.05) is 23.1 Å². The third-order valence-electron chi connectivity index (χ3n) is 5.89. The number of carbonyl (C=O) groups excluding carboxylic acids is 1. The Labute approximate surface area is 150 Å². The molecule has 0 spiro atoms. The van der Waals surface area contributed by atoms with Crippen molar-refractivity contribution in [3.8, 4) is 0 Å². The third-order valence-corrected chi connectivity index (χ3v) is 5.89. The molecule has 1 aliphatic carbocycles. The van der Waals surface area contributed by atoms with Gasteiger partial charge in [0.2, 0.25) is 5.91 Å². The molecule has 2 nitrogen and oxygen atoms in total. The lowest BCUT2D eigenvalue weighted by Crippen LogP contribution is -2.29. The first-order valence-electron chi connectivity index (χ1n) is 9.68. The van der Waals surface area contributed by atoms with E-state index in [2.05, 4.69) is 37.3 Å². The van der Waals surface area contributed by atoms with E-state index in [4.69, 9.17) is 0 Å². The molecule has 1 saturated carbocycles. The molecule has 2 aliphatic rings. The van der Waals surface area contributed by atoms with Crippen molar-refractivity contribution in [3.63, 3.8) is 0 Å². The van der Waals surface area contributed by atoms with Gasteiger partial charge in [-0.3, -0.25) is 4.79 Å². The molecule has 2 heteroatoms. The van der Waals surface area contributed by atoms with Crippen molar-refractivity contribution in [1.29, 1.82) is 0 Å². The van der Waals surface area contributed by atoms with Gasteiger partial charge in [0.1, 0.15) is 0 Å². The summed E-state index contributed by atoms with van der Waals surface area (Å²) in [6.07, 6.45) is 7.65. The topological polar surface area (TPSA) is 20.3 Å². The molecule has 0 bridgehead atoms. The maximum absolute atomic E-state index is 13.3. The third kappa shape index (κ3) is 3.35. The molecule has 25 heavy (non-hydrogen) atoms. The van der Waals surface area contributed by atoms with E-state index in [1.54, 1.807) is 0 Å². The zero-order valence-corrected chi connectivity index (χ0v) is 15.1. The first kappa shape index (κ1) is 16.4. The first-order chi connectivity index (χ1) is 12.2. The second-order valence-corrected chi connectivity index (χ2v) is 7.76. The first-order valence-corrected chi connectivity index (χ1v) is 9.68. The minimum atomic E-state index is 0.0571. The highest BCUT2D eigenvalue weighted by atomic mass is 16.2. The fraction of sp³-hybridized carbons (Fsp3) is 0.435. The van der Waals surface area contributed by atoms with Crippen LogP contribution < -0.4 is 4.90 Å². The second kappa shape index (κ2) is 7.03. The van der Waals surface area contributed by atoms with Crippen molar-refractivity contribution in [2.24, 2.45) is 5.92 Å². The van der Waals surface area contributed by atoms with Gasteiger partial charge in [-0.05, 0) is 36.5 Å². The van der Waals surface area contributed by atoms with Crippen LogP contribution in [0.25, 0.3) is 0 Å². The van der Waals surface area contributed by atoms with Gasteiger partial charge in [-0.2, -0.15) is 0 Å². The Bertz CT molecular complexity index is 746. The van der Waals surface area contributed by atoms with Crippen molar-refractivity contribution in [1.82, 2.24) is 0 Å². The lowest BCUT2D eigenvalue weighted by atomic mass is 9.81. The average Bonchev–Trinajstić information content (AvgIpc) is 2.89. The molecule has 1 atom stereocenters. The maximum Gasteiger partial charge on any atom is 0.234 e. The number of benzene rings is 2. The summed E-state index contributed by atoms with van der Waals surface area (Å²) < 4.78 is 0. The van der Waals surface area contributed by atoms with Crippen molar-refractivity contribution >= 4 is 11.6 Å². The van der Waals surface area contributed by atoms with Gasteiger partial charge in [0, 0.05) is 5.69 Å². The molecule has 0 radical (unpaired) electrons. The molecule has 0 aromatic heterocycles.